The Balaban J connectivity index is 2.15. The average molecular weight is 236 g/mol. The van der Waals surface area contributed by atoms with E-state index in [1.54, 1.807) is 5.57 Å². The van der Waals surface area contributed by atoms with Crippen molar-refractivity contribution in [3.63, 3.8) is 0 Å². The maximum Gasteiger partial charge on any atom is 0.309 e. The van der Waals surface area contributed by atoms with E-state index in [9.17, 15) is 4.79 Å². The summed E-state index contributed by atoms with van der Waals surface area (Å²) in [5.74, 6) is 0.783. The number of hydrogen-bond acceptors (Lipinski definition) is 2. The number of carbonyl (C=O) groups is 1. The van der Waals surface area contributed by atoms with Gasteiger partial charge in [-0.25, -0.2) is 0 Å². The van der Waals surface area contributed by atoms with Crippen LogP contribution in [0.2, 0.25) is 0 Å². The number of rotatable bonds is 2. The molecule has 1 saturated carbocycles. The van der Waals surface area contributed by atoms with Crippen molar-refractivity contribution in [2.24, 2.45) is 17.3 Å². The molecule has 2 aliphatic rings. The van der Waals surface area contributed by atoms with Crippen LogP contribution in [0.4, 0.5) is 0 Å². The fourth-order valence-corrected chi connectivity index (χ4v) is 3.51. The SMILES string of the molecule is CCOC(=O)[C@H]1CC=C2CCC[C@@H](C)[C@]2(C)C1. The predicted octanol–water partition coefficient (Wildman–Crippen LogP) is 3.71. The summed E-state index contributed by atoms with van der Waals surface area (Å²) in [6.07, 6.45) is 8.03. The van der Waals surface area contributed by atoms with Crippen molar-refractivity contribution in [3.05, 3.63) is 11.6 Å². The smallest absolute Gasteiger partial charge is 0.309 e. The van der Waals surface area contributed by atoms with Crippen LogP contribution in [-0.4, -0.2) is 12.6 Å². The van der Waals surface area contributed by atoms with Crippen molar-refractivity contribution >= 4 is 5.97 Å². The summed E-state index contributed by atoms with van der Waals surface area (Å²) in [7, 11) is 0. The van der Waals surface area contributed by atoms with Crippen molar-refractivity contribution < 1.29 is 9.53 Å². The summed E-state index contributed by atoms with van der Waals surface area (Å²) in [4.78, 5) is 11.9. The molecule has 0 unspecified atom stereocenters. The van der Waals surface area contributed by atoms with Crippen LogP contribution in [0.25, 0.3) is 0 Å². The van der Waals surface area contributed by atoms with Crippen LogP contribution in [0.1, 0.15) is 52.9 Å². The number of fused-ring (bicyclic) bond motifs is 1. The minimum Gasteiger partial charge on any atom is -0.466 e. The molecular weight excluding hydrogens is 212 g/mol. The summed E-state index contributed by atoms with van der Waals surface area (Å²) in [6, 6.07) is 0. The van der Waals surface area contributed by atoms with Crippen LogP contribution < -0.4 is 0 Å². The van der Waals surface area contributed by atoms with E-state index in [-0.39, 0.29) is 17.3 Å². The zero-order chi connectivity index (χ0) is 12.5. The van der Waals surface area contributed by atoms with Gasteiger partial charge in [0.25, 0.3) is 0 Å². The van der Waals surface area contributed by atoms with Gasteiger partial charge in [-0.2, -0.15) is 0 Å². The molecule has 96 valence electrons. The Morgan fingerprint density at radius 3 is 3.06 bits per heavy atom. The molecule has 1 fully saturated rings. The molecule has 2 aliphatic carbocycles. The van der Waals surface area contributed by atoms with Crippen molar-refractivity contribution in [2.75, 3.05) is 6.61 Å². The molecule has 0 radical (unpaired) electrons. The summed E-state index contributed by atoms with van der Waals surface area (Å²) in [5, 5.41) is 0. The zero-order valence-corrected chi connectivity index (χ0v) is 11.3. The molecule has 2 heteroatoms. The van der Waals surface area contributed by atoms with Gasteiger partial charge in [0.15, 0.2) is 0 Å². The second-order valence-corrected chi connectivity index (χ2v) is 5.83. The highest BCUT2D eigenvalue weighted by atomic mass is 16.5. The molecule has 17 heavy (non-hydrogen) atoms. The van der Waals surface area contributed by atoms with Crippen LogP contribution in [0.15, 0.2) is 11.6 Å². The van der Waals surface area contributed by atoms with Crippen LogP contribution in [0, 0.1) is 17.3 Å². The Hall–Kier alpha value is -0.790. The number of allylic oxidation sites excluding steroid dienone is 2. The van der Waals surface area contributed by atoms with Crippen LogP contribution in [0.5, 0.6) is 0 Å². The van der Waals surface area contributed by atoms with Gasteiger partial charge < -0.3 is 4.74 Å². The minimum absolute atomic E-state index is 0.00167. The Bertz CT molecular complexity index is 332. The van der Waals surface area contributed by atoms with Crippen molar-refractivity contribution in [2.45, 2.75) is 52.9 Å². The largest absolute Gasteiger partial charge is 0.466 e. The van der Waals surface area contributed by atoms with Crippen molar-refractivity contribution in [1.82, 2.24) is 0 Å². The molecule has 2 rings (SSSR count). The van der Waals surface area contributed by atoms with E-state index in [2.05, 4.69) is 19.9 Å². The molecule has 0 aromatic heterocycles. The lowest BCUT2D eigenvalue weighted by Gasteiger charge is -2.46. The van der Waals surface area contributed by atoms with Gasteiger partial charge in [-0.15, -0.1) is 0 Å². The molecule has 2 nitrogen and oxygen atoms in total. The highest BCUT2D eigenvalue weighted by Crippen LogP contribution is 2.52. The second-order valence-electron chi connectivity index (χ2n) is 5.83. The predicted molar refractivity (Wildman–Crippen MR) is 68.6 cm³/mol. The van der Waals surface area contributed by atoms with Gasteiger partial charge in [0.2, 0.25) is 0 Å². The van der Waals surface area contributed by atoms with Gasteiger partial charge >= 0.3 is 5.97 Å². The first-order valence-electron chi connectivity index (χ1n) is 6.94. The first kappa shape index (κ1) is 12.7. The molecule has 0 aliphatic heterocycles. The second kappa shape index (κ2) is 4.83. The standard InChI is InChI=1S/C15H24O2/c1-4-17-14(16)12-8-9-13-7-5-6-11(2)15(13,3)10-12/h9,11-12H,4-8,10H2,1-3H3/t11-,12+,15+/m1/s1. The molecule has 3 atom stereocenters. The fraction of sp³-hybridized carbons (Fsp3) is 0.800. The van der Waals surface area contributed by atoms with Crippen LogP contribution in [-0.2, 0) is 9.53 Å². The van der Waals surface area contributed by atoms with E-state index in [0.717, 1.165) is 12.8 Å². The molecule has 0 aromatic carbocycles. The lowest BCUT2D eigenvalue weighted by atomic mass is 9.58. The van der Waals surface area contributed by atoms with Gasteiger partial charge in [0.05, 0.1) is 12.5 Å². The lowest BCUT2D eigenvalue weighted by molar-refractivity contribution is -0.149. The molecule has 0 aromatic rings. The topological polar surface area (TPSA) is 26.3 Å². The molecule has 0 amide bonds. The van der Waals surface area contributed by atoms with Crippen LogP contribution in [0.3, 0.4) is 0 Å². The fourth-order valence-electron chi connectivity index (χ4n) is 3.51. The molecule has 0 saturated heterocycles. The molecule has 0 bridgehead atoms. The Kier molecular flexibility index (Phi) is 3.60. The highest BCUT2D eigenvalue weighted by Gasteiger charge is 2.43. The van der Waals surface area contributed by atoms with Crippen molar-refractivity contribution in [3.8, 4) is 0 Å². The third-order valence-electron chi connectivity index (χ3n) is 4.84. The summed E-state index contributed by atoms with van der Waals surface area (Å²) < 4.78 is 5.17. The Morgan fingerprint density at radius 1 is 1.59 bits per heavy atom. The first-order chi connectivity index (χ1) is 8.08. The summed E-state index contributed by atoms with van der Waals surface area (Å²) in [6.45, 7) is 7.06. The Morgan fingerprint density at radius 2 is 2.35 bits per heavy atom. The van der Waals surface area contributed by atoms with Gasteiger partial charge in [-0.1, -0.05) is 25.5 Å². The number of carbonyl (C=O) groups excluding carboxylic acids is 1. The third kappa shape index (κ3) is 2.27. The van der Waals surface area contributed by atoms with E-state index in [4.69, 9.17) is 4.74 Å². The van der Waals surface area contributed by atoms with E-state index >= 15 is 0 Å². The van der Waals surface area contributed by atoms with E-state index in [1.165, 1.54) is 19.3 Å². The quantitative estimate of drug-likeness (QED) is 0.539. The van der Waals surface area contributed by atoms with E-state index < -0.39 is 0 Å². The van der Waals surface area contributed by atoms with E-state index in [0.29, 0.717) is 12.5 Å². The van der Waals surface area contributed by atoms with Crippen LogP contribution >= 0.6 is 0 Å². The molecular formula is C15H24O2. The molecule has 0 heterocycles. The Labute approximate surface area is 104 Å². The maximum atomic E-state index is 11.9. The lowest BCUT2D eigenvalue weighted by Crippen LogP contribution is -2.38. The van der Waals surface area contributed by atoms with Gasteiger partial charge in [-0.05, 0) is 50.4 Å². The number of hydrogen-bond donors (Lipinski definition) is 0. The number of esters is 1. The number of ether oxygens (including phenoxy) is 1. The minimum atomic E-state index is 0.00167. The average Bonchev–Trinajstić information content (AvgIpc) is 2.30. The third-order valence-corrected chi connectivity index (χ3v) is 4.84. The van der Waals surface area contributed by atoms with E-state index in [1.807, 2.05) is 6.92 Å². The summed E-state index contributed by atoms with van der Waals surface area (Å²) in [5.41, 5.74) is 1.84. The monoisotopic (exact) mass is 236 g/mol. The van der Waals surface area contributed by atoms with Crippen molar-refractivity contribution in [1.29, 1.82) is 0 Å². The van der Waals surface area contributed by atoms with Gasteiger partial charge in [0, 0.05) is 0 Å². The molecule has 0 spiro atoms. The van der Waals surface area contributed by atoms with Gasteiger partial charge in [0.1, 0.15) is 0 Å². The summed E-state index contributed by atoms with van der Waals surface area (Å²) >= 11 is 0. The van der Waals surface area contributed by atoms with Gasteiger partial charge in [-0.3, -0.25) is 4.79 Å². The molecule has 0 N–H and O–H groups in total. The maximum absolute atomic E-state index is 11.9. The normalized spacial score (nSPS) is 37.0. The first-order valence-corrected chi connectivity index (χ1v) is 6.94. The highest BCUT2D eigenvalue weighted by molar-refractivity contribution is 5.73. The zero-order valence-electron chi connectivity index (χ0n) is 11.3.